The summed E-state index contributed by atoms with van der Waals surface area (Å²) in [5.41, 5.74) is 3.12. The average molecular weight is 497 g/mol. The first-order valence-corrected chi connectivity index (χ1v) is 13.5. The van der Waals surface area contributed by atoms with Gasteiger partial charge in [0.15, 0.2) is 5.82 Å². The molecule has 1 aliphatic heterocycles. The van der Waals surface area contributed by atoms with Crippen LogP contribution in [0.1, 0.15) is 26.3 Å². The van der Waals surface area contributed by atoms with Crippen LogP contribution in [-0.4, -0.2) is 62.3 Å². The van der Waals surface area contributed by atoms with Gasteiger partial charge >= 0.3 is 0 Å². The van der Waals surface area contributed by atoms with Gasteiger partial charge in [0.05, 0.1) is 18.9 Å². The van der Waals surface area contributed by atoms with Gasteiger partial charge in [0.1, 0.15) is 16.4 Å². The van der Waals surface area contributed by atoms with Crippen molar-refractivity contribution in [3.05, 3.63) is 60.2 Å². The van der Waals surface area contributed by atoms with Crippen LogP contribution in [0, 0.1) is 0 Å². The summed E-state index contributed by atoms with van der Waals surface area (Å²) in [6, 6.07) is 17.1. The van der Waals surface area contributed by atoms with Crippen LogP contribution < -0.4 is 14.4 Å². The Hall–Kier alpha value is -3.17. The lowest BCUT2D eigenvalue weighted by atomic mass is 10.1. The van der Waals surface area contributed by atoms with E-state index in [1.807, 2.05) is 26.0 Å². The topological polar surface area (TPSA) is 84.9 Å². The fourth-order valence-electron chi connectivity index (χ4n) is 4.08. The van der Waals surface area contributed by atoms with Gasteiger partial charge in [-0.2, -0.15) is 4.31 Å². The van der Waals surface area contributed by atoms with Crippen molar-refractivity contribution in [1.29, 1.82) is 0 Å². The number of ether oxygens (including phenoxy) is 2. The van der Waals surface area contributed by atoms with Crippen molar-refractivity contribution < 1.29 is 17.9 Å². The molecule has 35 heavy (non-hydrogen) atoms. The molecule has 0 saturated carbocycles. The minimum Gasteiger partial charge on any atom is -0.494 e. The number of hydrogen-bond acceptors (Lipinski definition) is 7. The van der Waals surface area contributed by atoms with Gasteiger partial charge < -0.3 is 14.4 Å². The lowest BCUT2D eigenvalue weighted by molar-refractivity contribution is 0.314. The minimum absolute atomic E-state index is 0.162. The molecular weight excluding hydrogens is 464 g/mol. The van der Waals surface area contributed by atoms with Crippen molar-refractivity contribution >= 4 is 15.8 Å². The Morgan fingerprint density at radius 2 is 1.54 bits per heavy atom. The van der Waals surface area contributed by atoms with Crippen molar-refractivity contribution in [3.8, 4) is 22.8 Å². The summed E-state index contributed by atoms with van der Waals surface area (Å²) in [4.78, 5) is 2.22. The summed E-state index contributed by atoms with van der Waals surface area (Å²) in [5, 5.41) is 8.80. The second-order valence-electron chi connectivity index (χ2n) is 8.19. The minimum atomic E-state index is -3.71. The predicted octanol–water partition coefficient (Wildman–Crippen LogP) is 4.01. The van der Waals surface area contributed by atoms with E-state index in [9.17, 15) is 8.42 Å². The van der Waals surface area contributed by atoms with Gasteiger partial charge in [-0.25, -0.2) is 8.42 Å². The van der Waals surface area contributed by atoms with Crippen molar-refractivity contribution in [1.82, 2.24) is 14.5 Å². The Morgan fingerprint density at radius 1 is 0.829 bits per heavy atom. The molecule has 9 heteroatoms. The third kappa shape index (κ3) is 5.57. The van der Waals surface area contributed by atoms with Gasteiger partial charge in [-0.05, 0) is 50.1 Å². The van der Waals surface area contributed by atoms with Gasteiger partial charge in [-0.1, -0.05) is 31.2 Å². The van der Waals surface area contributed by atoms with Crippen molar-refractivity contribution in [2.45, 2.75) is 32.1 Å². The van der Waals surface area contributed by atoms with Crippen LogP contribution in [0.4, 0.5) is 5.82 Å². The number of piperazine rings is 1. The molecule has 0 spiro atoms. The first-order chi connectivity index (χ1) is 17.0. The second kappa shape index (κ2) is 11.0. The van der Waals surface area contributed by atoms with Gasteiger partial charge in [0.25, 0.3) is 0 Å². The van der Waals surface area contributed by atoms with Crippen LogP contribution >= 0.6 is 0 Å². The third-order valence-corrected chi connectivity index (χ3v) is 7.95. The molecule has 8 nitrogen and oxygen atoms in total. The Morgan fingerprint density at radius 3 is 2.14 bits per heavy atom. The Balaban J connectivity index is 1.44. The van der Waals surface area contributed by atoms with E-state index in [4.69, 9.17) is 9.47 Å². The number of aryl methyl sites for hydroxylation is 1. The SMILES string of the molecule is CCOc1ccc(S(=O)(=O)N2CCN(c3ccc(-c4ccc(CC)cc4)nn3)CC2)c(OCC)c1. The van der Waals surface area contributed by atoms with Crippen LogP contribution in [0.2, 0.25) is 0 Å². The largest absolute Gasteiger partial charge is 0.494 e. The van der Waals surface area contributed by atoms with Crippen molar-refractivity contribution in [3.63, 3.8) is 0 Å². The summed E-state index contributed by atoms with van der Waals surface area (Å²) in [6.07, 6.45) is 0.998. The number of hydrogen-bond donors (Lipinski definition) is 0. The van der Waals surface area contributed by atoms with Crippen molar-refractivity contribution in [2.24, 2.45) is 0 Å². The van der Waals surface area contributed by atoms with E-state index in [0.717, 1.165) is 23.5 Å². The molecule has 2 aromatic carbocycles. The predicted molar refractivity (Wildman–Crippen MR) is 137 cm³/mol. The molecule has 0 unspecified atom stereocenters. The van der Waals surface area contributed by atoms with Gasteiger partial charge in [-0.3, -0.25) is 0 Å². The molecule has 1 fully saturated rings. The number of aromatic nitrogens is 2. The van der Waals surface area contributed by atoms with Gasteiger partial charge in [-0.15, -0.1) is 10.2 Å². The Labute approximate surface area is 207 Å². The first-order valence-electron chi connectivity index (χ1n) is 12.0. The smallest absolute Gasteiger partial charge is 0.246 e. The maximum absolute atomic E-state index is 13.4. The highest BCUT2D eigenvalue weighted by molar-refractivity contribution is 7.89. The quantitative estimate of drug-likeness (QED) is 0.442. The summed E-state index contributed by atoms with van der Waals surface area (Å²) in [6.45, 7) is 8.45. The van der Waals surface area contributed by atoms with E-state index in [-0.39, 0.29) is 4.90 Å². The van der Waals surface area contributed by atoms with Gasteiger partial charge in [0, 0.05) is 37.8 Å². The molecule has 3 aromatic rings. The maximum atomic E-state index is 13.4. The van der Waals surface area contributed by atoms with E-state index in [0.29, 0.717) is 50.9 Å². The molecule has 1 aromatic heterocycles. The van der Waals surface area contributed by atoms with E-state index in [2.05, 4.69) is 46.3 Å². The lowest BCUT2D eigenvalue weighted by Gasteiger charge is -2.34. The Kier molecular flexibility index (Phi) is 7.87. The molecule has 0 radical (unpaired) electrons. The van der Waals surface area contributed by atoms with E-state index in [1.54, 1.807) is 18.2 Å². The van der Waals surface area contributed by atoms with Gasteiger partial charge in [0.2, 0.25) is 10.0 Å². The molecule has 186 valence electrons. The van der Waals surface area contributed by atoms with Crippen LogP contribution in [0.15, 0.2) is 59.5 Å². The molecule has 0 N–H and O–H groups in total. The molecule has 0 aliphatic carbocycles. The van der Waals surface area contributed by atoms with Crippen LogP contribution in [-0.2, 0) is 16.4 Å². The standard InChI is InChI=1S/C26H32N4O4S/c1-4-20-7-9-21(10-8-20)23-12-14-26(28-27-23)29-15-17-30(18-16-29)35(31,32)25-13-11-22(33-5-2)19-24(25)34-6-3/h7-14,19H,4-6,15-18H2,1-3H3. The van der Waals surface area contributed by atoms with Crippen LogP contribution in [0.5, 0.6) is 11.5 Å². The third-order valence-electron chi connectivity index (χ3n) is 6.01. The normalized spacial score (nSPS) is 14.7. The summed E-state index contributed by atoms with van der Waals surface area (Å²) in [5.74, 6) is 1.64. The summed E-state index contributed by atoms with van der Waals surface area (Å²) < 4.78 is 39.4. The molecule has 0 atom stereocenters. The monoisotopic (exact) mass is 496 g/mol. The van der Waals surface area contributed by atoms with E-state index in [1.165, 1.54) is 9.87 Å². The fourth-order valence-corrected chi connectivity index (χ4v) is 5.62. The van der Waals surface area contributed by atoms with E-state index < -0.39 is 10.0 Å². The first kappa shape index (κ1) is 24.9. The molecule has 0 bridgehead atoms. The molecule has 1 aliphatic rings. The zero-order valence-corrected chi connectivity index (χ0v) is 21.3. The summed E-state index contributed by atoms with van der Waals surface area (Å²) >= 11 is 0. The highest BCUT2D eigenvalue weighted by Crippen LogP contribution is 2.32. The zero-order chi connectivity index (χ0) is 24.8. The van der Waals surface area contributed by atoms with E-state index >= 15 is 0 Å². The number of rotatable bonds is 9. The zero-order valence-electron chi connectivity index (χ0n) is 20.5. The highest BCUT2D eigenvalue weighted by atomic mass is 32.2. The fraction of sp³-hybridized carbons (Fsp3) is 0.385. The lowest BCUT2D eigenvalue weighted by Crippen LogP contribution is -2.49. The molecule has 4 rings (SSSR count). The number of sulfonamides is 1. The number of benzene rings is 2. The molecular formula is C26H32N4O4S. The van der Waals surface area contributed by atoms with Crippen LogP contribution in [0.25, 0.3) is 11.3 Å². The molecule has 0 amide bonds. The average Bonchev–Trinajstić information content (AvgIpc) is 2.89. The highest BCUT2D eigenvalue weighted by Gasteiger charge is 2.31. The number of nitrogens with zero attached hydrogens (tertiary/aromatic N) is 4. The second-order valence-corrected chi connectivity index (χ2v) is 10.1. The maximum Gasteiger partial charge on any atom is 0.246 e. The molecule has 2 heterocycles. The number of anilines is 1. The summed E-state index contributed by atoms with van der Waals surface area (Å²) in [7, 11) is -3.71. The molecule has 1 saturated heterocycles. The van der Waals surface area contributed by atoms with Crippen LogP contribution in [0.3, 0.4) is 0 Å². The Bertz CT molecular complexity index is 1220. The van der Waals surface area contributed by atoms with Crippen molar-refractivity contribution in [2.75, 3.05) is 44.3 Å².